The van der Waals surface area contributed by atoms with E-state index < -0.39 is 0 Å². The number of thiol groups is 1. The van der Waals surface area contributed by atoms with Crippen LogP contribution in [0.4, 0.5) is 0 Å². The molecule has 0 fully saturated rings. The molecule has 0 saturated carbocycles. The number of hydrogen-bond donors (Lipinski definition) is 1. The molecule has 1 rings (SSSR count). The first kappa shape index (κ1) is 9.66. The third kappa shape index (κ3) is 3.31. The maximum Gasteiger partial charge on any atom is -0.00978 e. The van der Waals surface area contributed by atoms with Crippen molar-refractivity contribution in [1.29, 1.82) is 0 Å². The topological polar surface area (TPSA) is 0 Å². The van der Waals surface area contributed by atoms with Crippen LogP contribution in [0.3, 0.4) is 0 Å². The molecule has 0 aliphatic carbocycles. The van der Waals surface area contributed by atoms with E-state index in [9.17, 15) is 0 Å². The van der Waals surface area contributed by atoms with Crippen LogP contribution in [0.5, 0.6) is 0 Å². The lowest BCUT2D eigenvalue weighted by molar-refractivity contribution is 0.803. The summed E-state index contributed by atoms with van der Waals surface area (Å²) in [6.45, 7) is 2.14. The summed E-state index contributed by atoms with van der Waals surface area (Å²) in [5, 5.41) is 0. The van der Waals surface area contributed by atoms with E-state index in [1.807, 2.05) is 0 Å². The van der Waals surface area contributed by atoms with Crippen LogP contribution in [0.2, 0.25) is 0 Å². The van der Waals surface area contributed by atoms with Crippen molar-refractivity contribution in [2.45, 2.75) is 26.2 Å². The van der Waals surface area contributed by atoms with E-state index in [2.05, 4.69) is 43.8 Å². The maximum absolute atomic E-state index is 4.19. The van der Waals surface area contributed by atoms with Gasteiger partial charge in [-0.1, -0.05) is 29.8 Å². The summed E-state index contributed by atoms with van der Waals surface area (Å²) in [5.41, 5.74) is 2.81. The molecule has 0 N–H and O–H groups in total. The summed E-state index contributed by atoms with van der Waals surface area (Å²) in [5.74, 6) is 1.01. The molecule has 0 aromatic heterocycles. The van der Waals surface area contributed by atoms with Gasteiger partial charge in [-0.05, 0) is 37.5 Å². The molecule has 12 heavy (non-hydrogen) atoms. The van der Waals surface area contributed by atoms with Gasteiger partial charge in [0, 0.05) is 0 Å². The second-order valence-corrected chi connectivity index (χ2v) is 3.62. The third-order valence-corrected chi connectivity index (χ3v) is 2.27. The van der Waals surface area contributed by atoms with E-state index >= 15 is 0 Å². The molecule has 1 aromatic rings. The highest BCUT2D eigenvalue weighted by Crippen LogP contribution is 2.07. The summed E-state index contributed by atoms with van der Waals surface area (Å²) < 4.78 is 0. The predicted octanol–water partition coefficient (Wildman–Crippen LogP) is 3.25. The van der Waals surface area contributed by atoms with Crippen molar-refractivity contribution >= 4 is 12.6 Å². The summed E-state index contributed by atoms with van der Waals surface area (Å²) in [6, 6.07) is 8.73. The standard InChI is InChI=1S/C11H16S/c1-10-5-4-7-11(9-10)6-2-3-8-12/h4-5,7,9,12H,2-3,6,8H2,1H3. The Morgan fingerprint density at radius 2 is 2.08 bits per heavy atom. The SMILES string of the molecule is Cc1cccc(CCCCS)c1. The average molecular weight is 180 g/mol. The molecule has 0 radical (unpaired) electrons. The Kier molecular flexibility index (Phi) is 4.23. The summed E-state index contributed by atoms with van der Waals surface area (Å²) >= 11 is 4.19. The lowest BCUT2D eigenvalue weighted by atomic mass is 10.1. The first-order valence-electron chi connectivity index (χ1n) is 4.49. The van der Waals surface area contributed by atoms with Crippen LogP contribution >= 0.6 is 12.6 Å². The summed E-state index contributed by atoms with van der Waals surface area (Å²) in [6.07, 6.45) is 3.67. The van der Waals surface area contributed by atoms with Crippen molar-refractivity contribution < 1.29 is 0 Å². The fourth-order valence-electron chi connectivity index (χ4n) is 1.31. The van der Waals surface area contributed by atoms with Crippen LogP contribution in [0.15, 0.2) is 24.3 Å². The number of benzene rings is 1. The van der Waals surface area contributed by atoms with Crippen molar-refractivity contribution in [3.8, 4) is 0 Å². The summed E-state index contributed by atoms with van der Waals surface area (Å²) in [7, 11) is 0. The molecule has 1 heteroatoms. The van der Waals surface area contributed by atoms with E-state index in [0.29, 0.717) is 0 Å². The zero-order valence-corrected chi connectivity index (χ0v) is 8.48. The zero-order valence-electron chi connectivity index (χ0n) is 7.59. The first-order chi connectivity index (χ1) is 5.83. The molecule has 0 unspecified atom stereocenters. The Labute approximate surface area is 80.4 Å². The van der Waals surface area contributed by atoms with Crippen molar-refractivity contribution in [2.24, 2.45) is 0 Å². The first-order valence-corrected chi connectivity index (χ1v) is 5.12. The smallest absolute Gasteiger partial charge is 0.00978 e. The minimum absolute atomic E-state index is 1.01. The van der Waals surface area contributed by atoms with Crippen molar-refractivity contribution in [3.63, 3.8) is 0 Å². The van der Waals surface area contributed by atoms with Crippen molar-refractivity contribution in [3.05, 3.63) is 35.4 Å². The van der Waals surface area contributed by atoms with E-state index in [0.717, 1.165) is 5.75 Å². The third-order valence-electron chi connectivity index (χ3n) is 1.96. The molecule has 0 saturated heterocycles. The molecule has 66 valence electrons. The van der Waals surface area contributed by atoms with Crippen molar-refractivity contribution in [1.82, 2.24) is 0 Å². The quantitative estimate of drug-likeness (QED) is 0.533. The van der Waals surface area contributed by atoms with Gasteiger partial charge in [-0.15, -0.1) is 0 Å². The molecule has 0 atom stereocenters. The fraction of sp³-hybridized carbons (Fsp3) is 0.455. The Morgan fingerprint density at radius 1 is 1.25 bits per heavy atom. The molecule has 0 amide bonds. The minimum Gasteiger partial charge on any atom is -0.179 e. The Bertz CT molecular complexity index is 230. The highest BCUT2D eigenvalue weighted by atomic mass is 32.1. The van der Waals surface area contributed by atoms with Gasteiger partial charge in [0.25, 0.3) is 0 Å². The molecule has 0 bridgehead atoms. The normalized spacial score (nSPS) is 10.2. The summed E-state index contributed by atoms with van der Waals surface area (Å²) in [4.78, 5) is 0. The lowest BCUT2D eigenvalue weighted by Crippen LogP contribution is -1.86. The molecule has 0 aliphatic rings. The van der Waals surface area contributed by atoms with Gasteiger partial charge in [0.1, 0.15) is 0 Å². The van der Waals surface area contributed by atoms with Gasteiger partial charge >= 0.3 is 0 Å². The molecular formula is C11H16S. The lowest BCUT2D eigenvalue weighted by Gasteiger charge is -2.00. The molecule has 0 aliphatic heterocycles. The van der Waals surface area contributed by atoms with Gasteiger partial charge in [0.2, 0.25) is 0 Å². The van der Waals surface area contributed by atoms with Crippen LogP contribution in [-0.2, 0) is 6.42 Å². The van der Waals surface area contributed by atoms with Crippen LogP contribution in [0.1, 0.15) is 24.0 Å². The van der Waals surface area contributed by atoms with E-state index in [1.54, 1.807) is 0 Å². The molecule has 0 heterocycles. The number of unbranched alkanes of at least 4 members (excludes halogenated alkanes) is 1. The Morgan fingerprint density at radius 3 is 2.75 bits per heavy atom. The number of rotatable bonds is 4. The fourth-order valence-corrected chi connectivity index (χ4v) is 1.53. The average Bonchev–Trinajstić information content (AvgIpc) is 2.05. The largest absolute Gasteiger partial charge is 0.179 e. The Hall–Kier alpha value is -0.430. The minimum atomic E-state index is 1.01. The number of hydrogen-bond acceptors (Lipinski definition) is 1. The van der Waals surface area contributed by atoms with E-state index in [4.69, 9.17) is 0 Å². The highest BCUT2D eigenvalue weighted by molar-refractivity contribution is 7.80. The predicted molar refractivity (Wildman–Crippen MR) is 58.0 cm³/mol. The molecule has 0 nitrogen and oxygen atoms in total. The van der Waals surface area contributed by atoms with Gasteiger partial charge in [-0.3, -0.25) is 0 Å². The van der Waals surface area contributed by atoms with Crippen LogP contribution in [-0.4, -0.2) is 5.75 Å². The van der Waals surface area contributed by atoms with Gasteiger partial charge in [-0.2, -0.15) is 12.6 Å². The molecule has 0 spiro atoms. The second-order valence-electron chi connectivity index (χ2n) is 3.17. The monoisotopic (exact) mass is 180 g/mol. The van der Waals surface area contributed by atoms with Crippen LogP contribution < -0.4 is 0 Å². The molecular weight excluding hydrogens is 164 g/mol. The molecule has 1 aromatic carbocycles. The highest BCUT2D eigenvalue weighted by Gasteiger charge is 1.92. The van der Waals surface area contributed by atoms with E-state index in [1.165, 1.54) is 30.4 Å². The van der Waals surface area contributed by atoms with Gasteiger partial charge in [0.05, 0.1) is 0 Å². The zero-order chi connectivity index (χ0) is 8.81. The van der Waals surface area contributed by atoms with E-state index in [-0.39, 0.29) is 0 Å². The number of aryl methyl sites for hydroxylation is 2. The maximum atomic E-state index is 4.19. The van der Waals surface area contributed by atoms with Gasteiger partial charge in [-0.25, -0.2) is 0 Å². The van der Waals surface area contributed by atoms with Gasteiger partial charge < -0.3 is 0 Å². The van der Waals surface area contributed by atoms with Gasteiger partial charge in [0.15, 0.2) is 0 Å². The van der Waals surface area contributed by atoms with Crippen LogP contribution in [0, 0.1) is 6.92 Å². The van der Waals surface area contributed by atoms with Crippen LogP contribution in [0.25, 0.3) is 0 Å². The van der Waals surface area contributed by atoms with Crippen molar-refractivity contribution in [2.75, 3.05) is 5.75 Å². The second kappa shape index (κ2) is 5.26. The Balaban J connectivity index is 2.41.